The Morgan fingerprint density at radius 2 is 1.53 bits per heavy atom. The summed E-state index contributed by atoms with van der Waals surface area (Å²) in [5.41, 5.74) is 2.05. The number of nitrogens with zero attached hydrogens (tertiary/aromatic N) is 1. The SMILES string of the molecule is CNS(=O)(=O)Cc1ccc(CNC(=O)C2CCN(C(=O)c3cc(OC)cc(OC)c3)CC2)cc1. The molecule has 0 radical (unpaired) electrons. The minimum absolute atomic E-state index is 0.0445. The molecule has 3 rings (SSSR count). The Morgan fingerprint density at radius 3 is 2.06 bits per heavy atom. The first-order valence-electron chi connectivity index (χ1n) is 11.0. The van der Waals surface area contributed by atoms with E-state index in [1.165, 1.54) is 21.3 Å². The maximum Gasteiger partial charge on any atom is 0.254 e. The van der Waals surface area contributed by atoms with Gasteiger partial charge >= 0.3 is 0 Å². The van der Waals surface area contributed by atoms with Gasteiger partial charge in [0.25, 0.3) is 5.91 Å². The van der Waals surface area contributed by atoms with E-state index in [4.69, 9.17) is 9.47 Å². The Labute approximate surface area is 200 Å². The van der Waals surface area contributed by atoms with Crippen LogP contribution in [0.1, 0.15) is 34.3 Å². The van der Waals surface area contributed by atoms with Crippen molar-refractivity contribution in [2.24, 2.45) is 5.92 Å². The molecule has 0 bridgehead atoms. The van der Waals surface area contributed by atoms with E-state index in [0.717, 1.165) is 5.56 Å². The van der Waals surface area contributed by atoms with Crippen LogP contribution < -0.4 is 19.5 Å². The number of likely N-dealkylation sites (tertiary alicyclic amines) is 1. The number of carbonyl (C=O) groups is 2. The number of hydrogen-bond donors (Lipinski definition) is 2. The lowest BCUT2D eigenvalue weighted by Crippen LogP contribution is -2.42. The standard InChI is InChI=1S/C24H31N3O6S/c1-25-34(30,31)16-18-6-4-17(5-7-18)15-26-23(28)19-8-10-27(11-9-19)24(29)20-12-21(32-2)14-22(13-20)33-3/h4-7,12-14,19,25H,8-11,15-16H2,1-3H3,(H,26,28). The zero-order valence-corrected chi connectivity index (χ0v) is 20.5. The molecule has 9 nitrogen and oxygen atoms in total. The van der Waals surface area contributed by atoms with E-state index < -0.39 is 10.0 Å². The van der Waals surface area contributed by atoms with Gasteiger partial charge in [0.05, 0.1) is 20.0 Å². The van der Waals surface area contributed by atoms with E-state index in [-0.39, 0.29) is 23.5 Å². The summed E-state index contributed by atoms with van der Waals surface area (Å²) < 4.78 is 36.1. The average molecular weight is 490 g/mol. The van der Waals surface area contributed by atoms with Crippen molar-refractivity contribution >= 4 is 21.8 Å². The van der Waals surface area contributed by atoms with Gasteiger partial charge in [-0.05, 0) is 43.1 Å². The van der Waals surface area contributed by atoms with Crippen LogP contribution >= 0.6 is 0 Å². The highest BCUT2D eigenvalue weighted by Crippen LogP contribution is 2.25. The molecule has 1 aliphatic heterocycles. The quantitative estimate of drug-likeness (QED) is 0.556. The van der Waals surface area contributed by atoms with E-state index >= 15 is 0 Å². The second kappa shape index (κ2) is 11.3. The number of piperidine rings is 1. The second-order valence-electron chi connectivity index (χ2n) is 8.17. The molecule has 34 heavy (non-hydrogen) atoms. The lowest BCUT2D eigenvalue weighted by molar-refractivity contribution is -0.126. The largest absolute Gasteiger partial charge is 0.497 e. The maximum atomic E-state index is 12.9. The van der Waals surface area contributed by atoms with Crippen LogP contribution in [0.3, 0.4) is 0 Å². The summed E-state index contributed by atoms with van der Waals surface area (Å²) >= 11 is 0. The maximum absolute atomic E-state index is 12.9. The number of nitrogens with one attached hydrogen (secondary N) is 2. The van der Waals surface area contributed by atoms with Crippen LogP contribution in [-0.4, -0.2) is 59.5 Å². The van der Waals surface area contributed by atoms with Crippen molar-refractivity contribution in [2.45, 2.75) is 25.1 Å². The fraction of sp³-hybridized carbons (Fsp3) is 0.417. The van der Waals surface area contributed by atoms with E-state index in [1.54, 1.807) is 35.2 Å². The summed E-state index contributed by atoms with van der Waals surface area (Å²) in [6.07, 6.45) is 1.17. The molecular weight excluding hydrogens is 458 g/mol. The van der Waals surface area contributed by atoms with Crippen molar-refractivity contribution in [3.63, 3.8) is 0 Å². The van der Waals surface area contributed by atoms with Gasteiger partial charge in [-0.3, -0.25) is 9.59 Å². The van der Waals surface area contributed by atoms with Gasteiger partial charge < -0.3 is 19.7 Å². The molecule has 0 unspecified atom stereocenters. The third-order valence-electron chi connectivity index (χ3n) is 5.91. The summed E-state index contributed by atoms with van der Waals surface area (Å²) in [6, 6.07) is 12.2. The first-order chi connectivity index (χ1) is 16.2. The monoisotopic (exact) mass is 489 g/mol. The molecule has 0 atom stereocenters. The number of benzene rings is 2. The summed E-state index contributed by atoms with van der Waals surface area (Å²) in [5.74, 6) is 0.690. The third-order valence-corrected chi connectivity index (χ3v) is 7.24. The van der Waals surface area contributed by atoms with Gasteiger partial charge in [0.1, 0.15) is 11.5 Å². The molecule has 0 spiro atoms. The zero-order chi connectivity index (χ0) is 24.7. The predicted molar refractivity (Wildman–Crippen MR) is 128 cm³/mol. The molecule has 2 amide bonds. The van der Waals surface area contributed by atoms with Crippen molar-refractivity contribution in [3.8, 4) is 11.5 Å². The highest BCUT2D eigenvalue weighted by molar-refractivity contribution is 7.88. The minimum atomic E-state index is -3.32. The molecule has 1 aliphatic rings. The van der Waals surface area contributed by atoms with Gasteiger partial charge in [0.2, 0.25) is 15.9 Å². The Balaban J connectivity index is 1.50. The summed E-state index contributed by atoms with van der Waals surface area (Å²) in [4.78, 5) is 27.3. The number of carbonyl (C=O) groups excluding carboxylic acids is 2. The summed E-state index contributed by atoms with van der Waals surface area (Å²) in [7, 11) is 1.14. The Kier molecular flexibility index (Phi) is 8.51. The van der Waals surface area contributed by atoms with Crippen LogP contribution in [0.25, 0.3) is 0 Å². The third kappa shape index (κ3) is 6.71. The van der Waals surface area contributed by atoms with Crippen LogP contribution in [0.4, 0.5) is 0 Å². The van der Waals surface area contributed by atoms with Crippen LogP contribution in [0, 0.1) is 5.92 Å². The molecule has 2 aromatic carbocycles. The van der Waals surface area contributed by atoms with Gasteiger partial charge in [-0.2, -0.15) is 0 Å². The first kappa shape index (κ1) is 25.5. The van der Waals surface area contributed by atoms with E-state index in [1.807, 2.05) is 12.1 Å². The Hall–Kier alpha value is -3.11. The molecule has 0 aliphatic carbocycles. The van der Waals surface area contributed by atoms with Crippen molar-refractivity contribution < 1.29 is 27.5 Å². The lowest BCUT2D eigenvalue weighted by Gasteiger charge is -2.31. The van der Waals surface area contributed by atoms with E-state index in [9.17, 15) is 18.0 Å². The molecule has 1 heterocycles. The summed E-state index contributed by atoms with van der Waals surface area (Å²) in [5, 5.41) is 2.95. The number of sulfonamides is 1. The highest BCUT2D eigenvalue weighted by atomic mass is 32.2. The number of hydrogen-bond acceptors (Lipinski definition) is 6. The molecule has 1 fully saturated rings. The number of amides is 2. The van der Waals surface area contributed by atoms with Gasteiger partial charge in [-0.1, -0.05) is 24.3 Å². The van der Waals surface area contributed by atoms with Crippen LogP contribution in [-0.2, 0) is 27.1 Å². The van der Waals surface area contributed by atoms with Crippen molar-refractivity contribution in [3.05, 3.63) is 59.2 Å². The number of ether oxygens (including phenoxy) is 2. The molecule has 2 N–H and O–H groups in total. The van der Waals surface area contributed by atoms with E-state index in [0.29, 0.717) is 55.1 Å². The fourth-order valence-electron chi connectivity index (χ4n) is 3.84. The zero-order valence-electron chi connectivity index (χ0n) is 19.7. The Bertz CT molecular complexity index is 1090. The normalized spacial score (nSPS) is 14.5. The molecular formula is C24H31N3O6S. The number of rotatable bonds is 9. The minimum Gasteiger partial charge on any atom is -0.497 e. The van der Waals surface area contributed by atoms with Crippen LogP contribution in [0.2, 0.25) is 0 Å². The first-order valence-corrected chi connectivity index (χ1v) is 12.7. The molecule has 184 valence electrons. The molecule has 2 aromatic rings. The molecule has 10 heteroatoms. The topological polar surface area (TPSA) is 114 Å². The van der Waals surface area contributed by atoms with Crippen molar-refractivity contribution in [1.82, 2.24) is 14.9 Å². The van der Waals surface area contributed by atoms with Crippen LogP contribution in [0.5, 0.6) is 11.5 Å². The molecule has 0 aromatic heterocycles. The smallest absolute Gasteiger partial charge is 0.254 e. The second-order valence-corrected chi connectivity index (χ2v) is 10.1. The molecule has 1 saturated heterocycles. The van der Waals surface area contributed by atoms with Gasteiger partial charge in [0.15, 0.2) is 0 Å². The Morgan fingerprint density at radius 1 is 0.971 bits per heavy atom. The average Bonchev–Trinajstić information content (AvgIpc) is 2.87. The van der Waals surface area contributed by atoms with Gasteiger partial charge in [0, 0.05) is 37.2 Å². The predicted octanol–water partition coefficient (Wildman–Crippen LogP) is 1.92. The van der Waals surface area contributed by atoms with Gasteiger partial charge in [-0.25, -0.2) is 13.1 Å². The lowest BCUT2D eigenvalue weighted by atomic mass is 9.95. The van der Waals surface area contributed by atoms with Crippen LogP contribution in [0.15, 0.2) is 42.5 Å². The molecule has 0 saturated carbocycles. The summed E-state index contributed by atoms with van der Waals surface area (Å²) in [6.45, 7) is 1.34. The highest BCUT2D eigenvalue weighted by Gasteiger charge is 2.28. The van der Waals surface area contributed by atoms with Gasteiger partial charge in [-0.15, -0.1) is 0 Å². The number of methoxy groups -OCH3 is 2. The fourth-order valence-corrected chi connectivity index (χ4v) is 4.61. The van der Waals surface area contributed by atoms with E-state index in [2.05, 4.69) is 10.0 Å². The van der Waals surface area contributed by atoms with Crippen molar-refractivity contribution in [1.29, 1.82) is 0 Å². The van der Waals surface area contributed by atoms with Crippen molar-refractivity contribution in [2.75, 3.05) is 34.4 Å².